The van der Waals surface area contributed by atoms with E-state index >= 15 is 0 Å². The van der Waals surface area contributed by atoms with Gasteiger partial charge in [-0.2, -0.15) is 0 Å². The van der Waals surface area contributed by atoms with E-state index in [2.05, 4.69) is 34.3 Å². The normalized spacial score (nSPS) is 12.3. The van der Waals surface area contributed by atoms with Gasteiger partial charge in [-0.25, -0.2) is 4.79 Å². The second kappa shape index (κ2) is 21.7. The molecule has 0 aliphatic carbocycles. The maximum Gasteiger partial charge on any atom is 0.330 e. The van der Waals surface area contributed by atoms with Gasteiger partial charge in [-0.05, 0) is 33.6 Å². The summed E-state index contributed by atoms with van der Waals surface area (Å²) in [6.07, 6.45) is 20.8. The van der Waals surface area contributed by atoms with Gasteiger partial charge in [0.25, 0.3) is 0 Å². The van der Waals surface area contributed by atoms with Gasteiger partial charge in [-0.1, -0.05) is 90.6 Å². The molecular formula is C26H52ClNO2. The van der Waals surface area contributed by atoms with E-state index < -0.39 is 0 Å². The van der Waals surface area contributed by atoms with Crippen LogP contribution >= 0.6 is 0 Å². The van der Waals surface area contributed by atoms with Gasteiger partial charge in [0.2, 0.25) is 0 Å². The lowest BCUT2D eigenvalue weighted by molar-refractivity contribution is -0.946. The predicted molar refractivity (Wildman–Crippen MR) is 127 cm³/mol. The van der Waals surface area contributed by atoms with Gasteiger partial charge in [0.1, 0.15) is 13.2 Å². The van der Waals surface area contributed by atoms with Crippen molar-refractivity contribution in [3.05, 3.63) is 12.7 Å². The van der Waals surface area contributed by atoms with Crippen LogP contribution in [-0.4, -0.2) is 42.7 Å². The smallest absolute Gasteiger partial charge is 0.330 e. The van der Waals surface area contributed by atoms with Gasteiger partial charge in [-0.3, -0.25) is 0 Å². The zero-order chi connectivity index (χ0) is 21.8. The van der Waals surface area contributed by atoms with E-state index in [-0.39, 0.29) is 18.4 Å². The monoisotopic (exact) mass is 445 g/mol. The van der Waals surface area contributed by atoms with Crippen molar-refractivity contribution in [2.45, 2.75) is 124 Å². The maximum absolute atomic E-state index is 11.3. The van der Waals surface area contributed by atoms with Crippen molar-refractivity contribution in [1.29, 1.82) is 0 Å². The highest BCUT2D eigenvalue weighted by Crippen LogP contribution is 2.20. The number of ether oxygens (including phenoxy) is 1. The van der Waals surface area contributed by atoms with Gasteiger partial charge in [0.05, 0.1) is 19.1 Å². The van der Waals surface area contributed by atoms with E-state index in [9.17, 15) is 4.79 Å². The summed E-state index contributed by atoms with van der Waals surface area (Å²) in [5.41, 5.74) is 0. The number of halogens is 1. The Labute approximate surface area is 195 Å². The molecule has 0 fully saturated rings. The molecule has 0 amide bonds. The van der Waals surface area contributed by atoms with Crippen LogP contribution in [0.5, 0.6) is 0 Å². The molecule has 0 aliphatic heterocycles. The largest absolute Gasteiger partial charge is 1.00 e. The lowest BCUT2D eigenvalue weighted by Gasteiger charge is -2.42. The summed E-state index contributed by atoms with van der Waals surface area (Å²) in [4.78, 5) is 11.3. The van der Waals surface area contributed by atoms with Gasteiger partial charge in [-0.15, -0.1) is 0 Å². The maximum atomic E-state index is 11.3. The number of nitrogens with zero attached hydrogens (tertiary/aromatic N) is 1. The molecule has 0 aromatic heterocycles. The van der Waals surface area contributed by atoms with Crippen LogP contribution < -0.4 is 12.4 Å². The summed E-state index contributed by atoms with van der Waals surface area (Å²) < 4.78 is 6.29. The summed E-state index contributed by atoms with van der Waals surface area (Å²) in [5, 5.41) is 0. The van der Waals surface area contributed by atoms with E-state index in [4.69, 9.17) is 4.74 Å². The molecule has 0 spiro atoms. The average molecular weight is 446 g/mol. The summed E-state index contributed by atoms with van der Waals surface area (Å²) in [6.45, 7) is 16.3. The molecule has 0 bridgehead atoms. The van der Waals surface area contributed by atoms with Gasteiger partial charge in [0, 0.05) is 6.08 Å². The van der Waals surface area contributed by atoms with E-state index in [0.29, 0.717) is 12.6 Å². The van der Waals surface area contributed by atoms with Crippen molar-refractivity contribution in [1.82, 2.24) is 0 Å². The Morgan fingerprint density at radius 3 is 1.67 bits per heavy atom. The number of carbonyl (C=O) groups is 1. The standard InChI is InChI=1S/C26H52NO2.ClH/c1-6-10-11-12-13-14-15-16-17-18-19-20-21-22-25(5)27(8-3,9-4)23-24-29-26(28)7-2;/h7,25H,2,6,8-24H2,1,3-5H3;1H/q+1;/p-1. The van der Waals surface area contributed by atoms with Crippen molar-refractivity contribution in [2.24, 2.45) is 0 Å². The van der Waals surface area contributed by atoms with E-state index in [1.807, 2.05) is 0 Å². The molecular weight excluding hydrogens is 394 g/mol. The van der Waals surface area contributed by atoms with Gasteiger partial charge in [0.15, 0.2) is 0 Å². The van der Waals surface area contributed by atoms with Gasteiger partial charge >= 0.3 is 5.97 Å². The van der Waals surface area contributed by atoms with E-state index in [1.165, 1.54) is 96.0 Å². The van der Waals surface area contributed by atoms with Crippen molar-refractivity contribution in [3.63, 3.8) is 0 Å². The number of rotatable bonds is 21. The van der Waals surface area contributed by atoms with Crippen LogP contribution in [0.25, 0.3) is 0 Å². The Hall–Kier alpha value is -0.540. The Bertz CT molecular complexity index is 396. The third-order valence-corrected chi connectivity index (χ3v) is 6.87. The van der Waals surface area contributed by atoms with Crippen LogP contribution in [0.3, 0.4) is 0 Å². The first-order valence-electron chi connectivity index (χ1n) is 12.7. The molecule has 0 heterocycles. The fourth-order valence-corrected chi connectivity index (χ4v) is 4.50. The molecule has 0 aromatic carbocycles. The molecule has 0 N–H and O–H groups in total. The first kappa shape index (κ1) is 31.6. The van der Waals surface area contributed by atoms with Gasteiger partial charge < -0.3 is 21.6 Å². The molecule has 1 atom stereocenters. The number of esters is 1. The molecule has 0 saturated heterocycles. The van der Waals surface area contributed by atoms with Crippen molar-refractivity contribution in [3.8, 4) is 0 Å². The Balaban J connectivity index is 0. The van der Waals surface area contributed by atoms with Crippen molar-refractivity contribution >= 4 is 5.97 Å². The fourth-order valence-electron chi connectivity index (χ4n) is 4.50. The lowest BCUT2D eigenvalue weighted by Crippen LogP contribution is -3.00. The minimum atomic E-state index is -0.306. The highest BCUT2D eigenvalue weighted by atomic mass is 35.5. The summed E-state index contributed by atoms with van der Waals surface area (Å²) in [5.74, 6) is -0.306. The second-order valence-electron chi connectivity index (χ2n) is 8.83. The van der Waals surface area contributed by atoms with Crippen LogP contribution in [-0.2, 0) is 9.53 Å². The first-order valence-corrected chi connectivity index (χ1v) is 12.7. The Morgan fingerprint density at radius 1 is 0.833 bits per heavy atom. The average Bonchev–Trinajstić information content (AvgIpc) is 2.74. The molecule has 3 nitrogen and oxygen atoms in total. The number of unbranched alkanes of at least 4 members (excludes halogenated alkanes) is 12. The molecule has 180 valence electrons. The SMILES string of the molecule is C=CC(=O)OCC[N+](CC)(CC)C(C)CCCCCCCCCCCCCCC.[Cl-]. The quantitative estimate of drug-likeness (QED) is 0.113. The van der Waals surface area contributed by atoms with E-state index in [1.54, 1.807) is 0 Å². The minimum absolute atomic E-state index is 0. The molecule has 0 rings (SSSR count). The fraction of sp³-hybridized carbons (Fsp3) is 0.885. The number of hydrogen-bond donors (Lipinski definition) is 0. The van der Waals surface area contributed by atoms with Crippen LogP contribution in [0.1, 0.15) is 118 Å². The summed E-state index contributed by atoms with van der Waals surface area (Å²) in [6, 6.07) is 0.625. The molecule has 4 heteroatoms. The second-order valence-corrected chi connectivity index (χ2v) is 8.83. The minimum Gasteiger partial charge on any atom is -1.00 e. The highest BCUT2D eigenvalue weighted by molar-refractivity contribution is 5.81. The zero-order valence-corrected chi connectivity index (χ0v) is 21.5. The highest BCUT2D eigenvalue weighted by Gasteiger charge is 2.30. The summed E-state index contributed by atoms with van der Waals surface area (Å²) >= 11 is 0. The molecule has 1 unspecified atom stereocenters. The zero-order valence-electron chi connectivity index (χ0n) is 20.7. The number of likely N-dealkylation sites (N-methyl/N-ethyl adjacent to an activating group) is 1. The third kappa shape index (κ3) is 15.3. The van der Waals surface area contributed by atoms with Crippen molar-refractivity contribution in [2.75, 3.05) is 26.2 Å². The van der Waals surface area contributed by atoms with Crippen molar-refractivity contribution < 1.29 is 26.4 Å². The molecule has 30 heavy (non-hydrogen) atoms. The van der Waals surface area contributed by atoms with Crippen LogP contribution in [0.2, 0.25) is 0 Å². The summed E-state index contributed by atoms with van der Waals surface area (Å²) in [7, 11) is 0. The molecule has 0 radical (unpaired) electrons. The lowest BCUT2D eigenvalue weighted by atomic mass is 10.0. The number of carbonyl (C=O) groups excluding carboxylic acids is 1. The van der Waals surface area contributed by atoms with Crippen LogP contribution in [0, 0.1) is 0 Å². The van der Waals surface area contributed by atoms with Crippen LogP contribution in [0.15, 0.2) is 12.7 Å². The van der Waals surface area contributed by atoms with E-state index in [0.717, 1.165) is 24.1 Å². The Morgan fingerprint density at radius 2 is 1.27 bits per heavy atom. The molecule has 0 saturated carbocycles. The number of quaternary nitrogens is 1. The first-order chi connectivity index (χ1) is 14.1. The molecule has 0 aromatic rings. The topological polar surface area (TPSA) is 26.3 Å². The van der Waals surface area contributed by atoms with Crippen LogP contribution in [0.4, 0.5) is 0 Å². The Kier molecular flexibility index (Phi) is 22.9. The number of hydrogen-bond acceptors (Lipinski definition) is 2. The molecule has 0 aliphatic rings. The third-order valence-electron chi connectivity index (χ3n) is 6.87. The predicted octanol–water partition coefficient (Wildman–Crippen LogP) is 4.45.